The highest BCUT2D eigenvalue weighted by molar-refractivity contribution is 6.37. The molecule has 0 spiro atoms. The Bertz CT molecular complexity index is 605. The van der Waals surface area contributed by atoms with Crippen molar-refractivity contribution in [1.82, 2.24) is 0 Å². The zero-order chi connectivity index (χ0) is 13.3. The van der Waals surface area contributed by atoms with Gasteiger partial charge in [-0.05, 0) is 36.4 Å². The van der Waals surface area contributed by atoms with Crippen LogP contribution >= 0.6 is 34.8 Å². The molecule has 0 N–H and O–H groups in total. The monoisotopic (exact) mass is 302 g/mol. The smallest absolute Gasteiger partial charge is 0.194 e. The van der Waals surface area contributed by atoms with Crippen LogP contribution in [-0.2, 0) is 0 Å². The number of benzene rings is 2. The highest BCUT2D eigenvalue weighted by atomic mass is 35.5. The van der Waals surface area contributed by atoms with Gasteiger partial charge in [-0.2, -0.15) is 0 Å². The number of ketones is 1. The molecule has 0 aromatic heterocycles. The number of carbonyl (C=O) groups is 1. The second kappa shape index (κ2) is 5.27. The minimum Gasteiger partial charge on any atom is -0.289 e. The van der Waals surface area contributed by atoms with E-state index in [4.69, 9.17) is 34.8 Å². The van der Waals surface area contributed by atoms with E-state index < -0.39 is 11.6 Å². The Morgan fingerprint density at radius 2 is 1.67 bits per heavy atom. The van der Waals surface area contributed by atoms with Gasteiger partial charge in [-0.25, -0.2) is 4.39 Å². The van der Waals surface area contributed by atoms with Crippen molar-refractivity contribution in [2.24, 2.45) is 0 Å². The van der Waals surface area contributed by atoms with E-state index in [0.29, 0.717) is 5.02 Å². The molecule has 0 unspecified atom stereocenters. The first-order chi connectivity index (χ1) is 8.47. The molecule has 0 saturated carbocycles. The molecule has 0 heterocycles. The van der Waals surface area contributed by atoms with Crippen LogP contribution in [0.15, 0.2) is 36.4 Å². The first-order valence-electron chi connectivity index (χ1n) is 4.93. The van der Waals surface area contributed by atoms with Crippen LogP contribution in [0.1, 0.15) is 15.9 Å². The van der Waals surface area contributed by atoms with Crippen LogP contribution in [0.3, 0.4) is 0 Å². The van der Waals surface area contributed by atoms with E-state index in [-0.39, 0.29) is 21.2 Å². The van der Waals surface area contributed by atoms with Gasteiger partial charge in [0.25, 0.3) is 0 Å². The lowest BCUT2D eigenvalue weighted by Crippen LogP contribution is -2.02. The van der Waals surface area contributed by atoms with E-state index in [1.165, 1.54) is 18.2 Å². The maximum atomic E-state index is 13.2. The predicted molar refractivity (Wildman–Crippen MR) is 71.3 cm³/mol. The van der Waals surface area contributed by atoms with Crippen LogP contribution in [0.25, 0.3) is 0 Å². The standard InChI is InChI=1S/C13H6Cl3FO/c14-8-1-2-11(12(16)6-8)13(18)7-3-9(15)5-10(17)4-7/h1-6H. The van der Waals surface area contributed by atoms with Crippen LogP contribution < -0.4 is 0 Å². The van der Waals surface area contributed by atoms with Crippen LogP contribution in [0.5, 0.6) is 0 Å². The first kappa shape index (κ1) is 13.3. The normalized spacial score (nSPS) is 10.4. The SMILES string of the molecule is O=C(c1cc(F)cc(Cl)c1)c1ccc(Cl)cc1Cl. The molecular weight excluding hydrogens is 297 g/mol. The lowest BCUT2D eigenvalue weighted by Gasteiger charge is -2.05. The van der Waals surface area contributed by atoms with Crippen molar-refractivity contribution in [2.75, 3.05) is 0 Å². The highest BCUT2D eigenvalue weighted by Crippen LogP contribution is 2.24. The fourth-order valence-electron chi connectivity index (χ4n) is 1.51. The Labute approximate surface area is 118 Å². The predicted octanol–water partition coefficient (Wildman–Crippen LogP) is 5.02. The van der Waals surface area contributed by atoms with Crippen LogP contribution in [0.4, 0.5) is 4.39 Å². The van der Waals surface area contributed by atoms with Gasteiger partial charge < -0.3 is 0 Å². The summed E-state index contributed by atoms with van der Waals surface area (Å²) in [7, 11) is 0. The Balaban J connectivity index is 2.47. The highest BCUT2D eigenvalue weighted by Gasteiger charge is 2.14. The summed E-state index contributed by atoms with van der Waals surface area (Å²) in [5.74, 6) is -0.978. The third-order valence-electron chi connectivity index (χ3n) is 2.30. The summed E-state index contributed by atoms with van der Waals surface area (Å²) in [6, 6.07) is 8.11. The molecule has 2 aromatic carbocycles. The second-order valence-electron chi connectivity index (χ2n) is 3.61. The molecule has 0 amide bonds. The third-order valence-corrected chi connectivity index (χ3v) is 3.07. The van der Waals surface area contributed by atoms with E-state index in [1.807, 2.05) is 0 Å². The molecule has 0 aliphatic heterocycles. The fraction of sp³-hybridized carbons (Fsp3) is 0. The van der Waals surface area contributed by atoms with E-state index in [0.717, 1.165) is 12.1 Å². The molecule has 92 valence electrons. The van der Waals surface area contributed by atoms with E-state index >= 15 is 0 Å². The van der Waals surface area contributed by atoms with Gasteiger partial charge >= 0.3 is 0 Å². The van der Waals surface area contributed by atoms with Crippen LogP contribution in [-0.4, -0.2) is 5.78 Å². The quantitative estimate of drug-likeness (QED) is 0.712. The average Bonchev–Trinajstić information content (AvgIpc) is 2.26. The largest absolute Gasteiger partial charge is 0.289 e. The fourth-order valence-corrected chi connectivity index (χ4v) is 2.23. The summed E-state index contributed by atoms with van der Waals surface area (Å²) in [6.07, 6.45) is 0. The number of rotatable bonds is 2. The maximum Gasteiger partial charge on any atom is 0.194 e. The van der Waals surface area contributed by atoms with Gasteiger partial charge in [-0.15, -0.1) is 0 Å². The Morgan fingerprint density at radius 1 is 0.944 bits per heavy atom. The Morgan fingerprint density at radius 3 is 2.28 bits per heavy atom. The maximum absolute atomic E-state index is 13.2. The van der Waals surface area contributed by atoms with Gasteiger partial charge in [0.15, 0.2) is 5.78 Å². The molecule has 2 rings (SSSR count). The number of carbonyl (C=O) groups excluding carboxylic acids is 1. The van der Waals surface area contributed by atoms with Gasteiger partial charge in [-0.3, -0.25) is 4.79 Å². The molecule has 0 fully saturated rings. The van der Waals surface area contributed by atoms with Gasteiger partial charge in [0.2, 0.25) is 0 Å². The number of hydrogen-bond acceptors (Lipinski definition) is 1. The molecule has 0 aliphatic rings. The summed E-state index contributed by atoms with van der Waals surface area (Å²) in [6.45, 7) is 0. The zero-order valence-corrected chi connectivity index (χ0v) is 11.2. The van der Waals surface area contributed by atoms with Crippen molar-refractivity contribution in [1.29, 1.82) is 0 Å². The van der Waals surface area contributed by atoms with E-state index in [9.17, 15) is 9.18 Å². The van der Waals surface area contributed by atoms with Gasteiger partial charge in [-0.1, -0.05) is 34.8 Å². The molecule has 0 bridgehead atoms. The summed E-state index contributed by atoms with van der Waals surface area (Å²) in [4.78, 5) is 12.1. The molecule has 1 nitrogen and oxygen atoms in total. The molecular formula is C13H6Cl3FO. The van der Waals surface area contributed by atoms with Crippen molar-refractivity contribution >= 4 is 40.6 Å². The van der Waals surface area contributed by atoms with Crippen molar-refractivity contribution in [3.8, 4) is 0 Å². The lowest BCUT2D eigenvalue weighted by atomic mass is 10.0. The molecule has 2 aromatic rings. The van der Waals surface area contributed by atoms with Gasteiger partial charge in [0.1, 0.15) is 5.82 Å². The molecule has 18 heavy (non-hydrogen) atoms. The second-order valence-corrected chi connectivity index (χ2v) is 4.89. The van der Waals surface area contributed by atoms with Gasteiger partial charge in [0.05, 0.1) is 5.02 Å². The molecule has 0 radical (unpaired) electrons. The summed E-state index contributed by atoms with van der Waals surface area (Å²) in [5, 5.41) is 0.796. The zero-order valence-electron chi connectivity index (χ0n) is 8.88. The summed E-state index contributed by atoms with van der Waals surface area (Å²) >= 11 is 17.4. The van der Waals surface area contributed by atoms with Crippen LogP contribution in [0, 0.1) is 5.82 Å². The molecule has 0 atom stereocenters. The topological polar surface area (TPSA) is 17.1 Å². The molecule has 0 aliphatic carbocycles. The minimum absolute atomic E-state index is 0.143. The Hall–Kier alpha value is -1.09. The van der Waals surface area contributed by atoms with Gasteiger partial charge in [0, 0.05) is 21.2 Å². The minimum atomic E-state index is -0.573. The third kappa shape index (κ3) is 2.83. The van der Waals surface area contributed by atoms with E-state index in [1.54, 1.807) is 6.07 Å². The summed E-state index contributed by atoms with van der Waals surface area (Å²) in [5.41, 5.74) is 0.395. The van der Waals surface area contributed by atoms with Crippen molar-refractivity contribution in [2.45, 2.75) is 0 Å². The number of hydrogen-bond donors (Lipinski definition) is 0. The Kier molecular flexibility index (Phi) is 3.91. The molecule has 0 saturated heterocycles. The van der Waals surface area contributed by atoms with E-state index in [2.05, 4.69) is 0 Å². The summed E-state index contributed by atoms with van der Waals surface area (Å²) < 4.78 is 13.2. The first-order valence-corrected chi connectivity index (χ1v) is 6.06. The molecule has 5 heteroatoms. The van der Waals surface area contributed by atoms with Crippen LogP contribution in [0.2, 0.25) is 15.1 Å². The number of halogens is 4. The van der Waals surface area contributed by atoms with Crippen molar-refractivity contribution < 1.29 is 9.18 Å². The van der Waals surface area contributed by atoms with Crippen molar-refractivity contribution in [3.05, 3.63) is 68.4 Å². The lowest BCUT2D eigenvalue weighted by molar-refractivity contribution is 0.103. The van der Waals surface area contributed by atoms with Crippen molar-refractivity contribution in [3.63, 3.8) is 0 Å². The average molecular weight is 304 g/mol.